The van der Waals surface area contributed by atoms with Crippen molar-refractivity contribution in [1.29, 1.82) is 0 Å². The molecular weight excluding hydrogens is 448 g/mol. The average molecular weight is 483 g/mol. The van der Waals surface area contributed by atoms with E-state index in [0.717, 1.165) is 39.5 Å². The molecule has 0 atom stereocenters. The molecule has 5 nitrogen and oxygen atoms in total. The van der Waals surface area contributed by atoms with Crippen LogP contribution in [0.5, 0.6) is 0 Å². The number of hydrogen-bond acceptors (Lipinski definition) is 5. The first-order valence-corrected chi connectivity index (χ1v) is 11.5. The predicted molar refractivity (Wildman–Crippen MR) is 148 cm³/mol. The van der Waals surface area contributed by atoms with Crippen molar-refractivity contribution in [3.8, 4) is 0 Å². The summed E-state index contributed by atoms with van der Waals surface area (Å²) in [7, 11) is 3.14. The molecule has 0 N–H and O–H groups in total. The highest BCUT2D eigenvalue weighted by Crippen LogP contribution is 2.18. The van der Waals surface area contributed by atoms with Gasteiger partial charge in [0, 0.05) is 17.0 Å². The Morgan fingerprint density at radius 1 is 0.778 bits per heavy atom. The lowest BCUT2D eigenvalue weighted by molar-refractivity contribution is -0.111. The molecule has 186 valence electrons. The third-order valence-electron chi connectivity index (χ3n) is 5.16. The normalized spacial score (nSPS) is 13.1. The summed E-state index contributed by atoms with van der Waals surface area (Å²) in [6, 6.07) is 11.6. The Morgan fingerprint density at radius 3 is 1.92 bits per heavy atom. The van der Waals surface area contributed by atoms with Crippen LogP contribution in [0.2, 0.25) is 0 Å². The Morgan fingerprint density at radius 2 is 1.33 bits per heavy atom. The second kappa shape index (κ2) is 13.6. The Balaban J connectivity index is 2.12. The Bertz CT molecular complexity index is 1290. The molecule has 0 aliphatic heterocycles. The van der Waals surface area contributed by atoms with Gasteiger partial charge in [-0.1, -0.05) is 31.4 Å². The Hall–Kier alpha value is -4.25. The maximum Gasteiger partial charge on any atom is 0.185 e. The van der Waals surface area contributed by atoms with Gasteiger partial charge >= 0.3 is 0 Å². The number of ether oxygens (including phenoxy) is 2. The molecule has 0 amide bonds. The maximum atomic E-state index is 12.6. The smallest absolute Gasteiger partial charge is 0.185 e. The van der Waals surface area contributed by atoms with Gasteiger partial charge in [-0.05, 0) is 99.1 Å². The van der Waals surface area contributed by atoms with E-state index in [4.69, 9.17) is 9.47 Å². The number of pyridine rings is 2. The van der Waals surface area contributed by atoms with Crippen molar-refractivity contribution >= 4 is 16.9 Å². The first-order chi connectivity index (χ1) is 17.1. The molecule has 0 fully saturated rings. The van der Waals surface area contributed by atoms with Crippen LogP contribution in [0, 0.1) is 13.8 Å². The molecule has 2 rings (SSSR count). The maximum absolute atomic E-state index is 12.6. The number of aromatic nitrogens is 2. The van der Waals surface area contributed by atoms with Gasteiger partial charge in [0.1, 0.15) is 11.5 Å². The summed E-state index contributed by atoms with van der Waals surface area (Å²) >= 11 is 0. The molecule has 0 radical (unpaired) electrons. The number of methoxy groups -OCH3 is 2. The van der Waals surface area contributed by atoms with Crippen LogP contribution in [-0.4, -0.2) is 30.0 Å². The summed E-state index contributed by atoms with van der Waals surface area (Å²) in [5, 5.41) is 0. The Kier molecular flexibility index (Phi) is 10.6. The second-order valence-corrected chi connectivity index (χ2v) is 8.29. The van der Waals surface area contributed by atoms with Gasteiger partial charge in [-0.3, -0.25) is 14.8 Å². The van der Waals surface area contributed by atoms with Crippen molar-refractivity contribution in [2.24, 2.45) is 0 Å². The van der Waals surface area contributed by atoms with E-state index >= 15 is 0 Å². The van der Waals surface area contributed by atoms with E-state index in [0.29, 0.717) is 17.1 Å². The number of carbonyl (C=O) groups is 1. The molecule has 0 saturated heterocycles. The number of ketones is 1. The van der Waals surface area contributed by atoms with Gasteiger partial charge in [0.25, 0.3) is 0 Å². The highest BCUT2D eigenvalue weighted by molar-refractivity contribution is 6.05. The van der Waals surface area contributed by atoms with Gasteiger partial charge in [-0.25, -0.2) is 0 Å². The number of allylic oxidation sites excluding steroid dienone is 10. The van der Waals surface area contributed by atoms with Crippen molar-refractivity contribution in [1.82, 2.24) is 9.97 Å². The molecule has 0 saturated carbocycles. The lowest BCUT2D eigenvalue weighted by atomic mass is 10.1. The summed E-state index contributed by atoms with van der Waals surface area (Å²) in [5.74, 6) is 0.889. The van der Waals surface area contributed by atoms with Crippen LogP contribution in [0.25, 0.3) is 11.1 Å². The van der Waals surface area contributed by atoms with Crippen molar-refractivity contribution in [3.63, 3.8) is 0 Å². The SMILES string of the molecule is C=C(/C=C(\C=C(/C)c1cccc(C)n1)OC)C(=O)/C=C/C(C)=C/C(=C\C(=C)c1cccc(C)n1)OC. The first-order valence-electron chi connectivity index (χ1n) is 11.5. The van der Waals surface area contributed by atoms with Crippen LogP contribution in [-0.2, 0) is 14.3 Å². The summed E-state index contributed by atoms with van der Waals surface area (Å²) < 4.78 is 10.9. The topological polar surface area (TPSA) is 61.3 Å². The number of rotatable bonds is 11. The molecule has 0 aromatic carbocycles. The molecule has 0 bridgehead atoms. The Labute approximate surface area is 214 Å². The van der Waals surface area contributed by atoms with E-state index in [2.05, 4.69) is 23.1 Å². The van der Waals surface area contributed by atoms with Crippen LogP contribution in [0.1, 0.15) is 36.6 Å². The quantitative estimate of drug-likeness (QED) is 0.198. The lowest BCUT2D eigenvalue weighted by Crippen LogP contribution is -1.97. The van der Waals surface area contributed by atoms with Gasteiger partial charge in [0.05, 0.1) is 25.6 Å². The lowest BCUT2D eigenvalue weighted by Gasteiger charge is -2.06. The van der Waals surface area contributed by atoms with Crippen LogP contribution in [0.3, 0.4) is 0 Å². The molecule has 2 aromatic rings. The molecule has 0 spiro atoms. The van der Waals surface area contributed by atoms with Crippen molar-refractivity contribution in [2.75, 3.05) is 14.2 Å². The second-order valence-electron chi connectivity index (χ2n) is 8.29. The van der Waals surface area contributed by atoms with Gasteiger partial charge in [0.15, 0.2) is 5.78 Å². The summed E-state index contributed by atoms with van der Waals surface area (Å²) in [6.07, 6.45) is 10.3. The highest BCUT2D eigenvalue weighted by Gasteiger charge is 2.05. The van der Waals surface area contributed by atoms with Gasteiger partial charge in [-0.2, -0.15) is 0 Å². The van der Waals surface area contributed by atoms with Gasteiger partial charge in [0.2, 0.25) is 0 Å². The van der Waals surface area contributed by atoms with E-state index < -0.39 is 0 Å². The van der Waals surface area contributed by atoms with Crippen molar-refractivity contribution in [2.45, 2.75) is 27.7 Å². The molecule has 2 aromatic heterocycles. The third kappa shape index (κ3) is 8.84. The van der Waals surface area contributed by atoms with Crippen LogP contribution < -0.4 is 0 Å². The summed E-state index contributed by atoms with van der Waals surface area (Å²) in [4.78, 5) is 21.6. The fourth-order valence-corrected chi connectivity index (χ4v) is 3.17. The highest BCUT2D eigenvalue weighted by atomic mass is 16.5. The zero-order valence-electron chi connectivity index (χ0n) is 22.0. The summed E-state index contributed by atoms with van der Waals surface area (Å²) in [6.45, 7) is 15.7. The fraction of sp³-hybridized carbons (Fsp3) is 0.194. The van der Waals surface area contributed by atoms with E-state index in [1.807, 2.05) is 82.3 Å². The molecule has 2 heterocycles. The summed E-state index contributed by atoms with van der Waals surface area (Å²) in [5.41, 5.74) is 6.25. The number of hydrogen-bond donors (Lipinski definition) is 0. The van der Waals surface area contributed by atoms with Crippen LogP contribution in [0.15, 0.2) is 109 Å². The van der Waals surface area contributed by atoms with Crippen LogP contribution >= 0.6 is 0 Å². The van der Waals surface area contributed by atoms with Crippen molar-refractivity contribution < 1.29 is 14.3 Å². The van der Waals surface area contributed by atoms with Crippen molar-refractivity contribution in [3.05, 3.63) is 131 Å². The zero-order valence-corrected chi connectivity index (χ0v) is 22.0. The van der Waals surface area contributed by atoms with Gasteiger partial charge < -0.3 is 9.47 Å². The van der Waals surface area contributed by atoms with E-state index in [1.165, 1.54) is 6.08 Å². The minimum Gasteiger partial charge on any atom is -0.497 e. The van der Waals surface area contributed by atoms with E-state index in [-0.39, 0.29) is 5.78 Å². The van der Waals surface area contributed by atoms with E-state index in [1.54, 1.807) is 26.4 Å². The zero-order chi connectivity index (χ0) is 26.7. The standard InChI is InChI=1S/C31H34N2O3/c1-21(17-27(35-7)18-22(2)29-13-9-11-25(5)32-29)15-16-31(34)24(4)20-28(36-8)19-23(3)30-14-10-12-26(6)33-30/h9-20H,2,4H2,1,3,5-8H3/b16-15+,21-17+,23-19+,27-18+,28-20+. The molecular formula is C31H34N2O3. The molecule has 5 heteroatoms. The van der Waals surface area contributed by atoms with E-state index in [9.17, 15) is 4.79 Å². The van der Waals surface area contributed by atoms with Gasteiger partial charge in [-0.15, -0.1) is 0 Å². The molecule has 0 aliphatic rings. The fourth-order valence-electron chi connectivity index (χ4n) is 3.17. The van der Waals surface area contributed by atoms with Crippen LogP contribution in [0.4, 0.5) is 0 Å². The number of aryl methyl sites for hydroxylation is 2. The molecule has 0 aliphatic carbocycles. The first kappa shape index (κ1) is 28.0. The number of nitrogens with zero attached hydrogens (tertiary/aromatic N) is 2. The molecule has 36 heavy (non-hydrogen) atoms. The predicted octanol–water partition coefficient (Wildman–Crippen LogP) is 6.90. The minimum atomic E-state index is -0.228. The number of carbonyl (C=O) groups excluding carboxylic acids is 1. The minimum absolute atomic E-state index is 0.228. The third-order valence-corrected chi connectivity index (χ3v) is 5.16. The molecule has 0 unspecified atom stereocenters. The average Bonchev–Trinajstić information content (AvgIpc) is 2.86. The monoisotopic (exact) mass is 482 g/mol. The largest absolute Gasteiger partial charge is 0.497 e.